The van der Waals surface area contributed by atoms with Crippen molar-refractivity contribution in [3.05, 3.63) is 35.4 Å². The third-order valence-corrected chi connectivity index (χ3v) is 3.48. The number of hydrogen-bond donors (Lipinski definition) is 2. The smallest absolute Gasteiger partial charge is 0.251 e. The number of primary amides is 1. The van der Waals surface area contributed by atoms with Crippen molar-refractivity contribution in [2.75, 3.05) is 19.8 Å². The lowest BCUT2D eigenvalue weighted by atomic mass is 10.1. The second kappa shape index (κ2) is 8.51. The van der Waals surface area contributed by atoms with Crippen molar-refractivity contribution in [3.8, 4) is 0 Å². The summed E-state index contributed by atoms with van der Waals surface area (Å²) < 4.78 is 11.0. The van der Waals surface area contributed by atoms with Crippen molar-refractivity contribution in [2.45, 2.75) is 32.0 Å². The van der Waals surface area contributed by atoms with Gasteiger partial charge in [-0.3, -0.25) is 9.59 Å². The van der Waals surface area contributed by atoms with Crippen molar-refractivity contribution >= 4 is 11.8 Å². The molecule has 2 rings (SSSR count). The predicted octanol–water partition coefficient (Wildman–Crippen LogP) is 1.45. The molecule has 0 radical (unpaired) electrons. The van der Waals surface area contributed by atoms with E-state index in [1.54, 1.807) is 24.3 Å². The summed E-state index contributed by atoms with van der Waals surface area (Å²) in [4.78, 5) is 22.9. The van der Waals surface area contributed by atoms with Crippen LogP contribution < -0.4 is 11.1 Å². The first-order valence-corrected chi connectivity index (χ1v) is 7.58. The molecule has 2 amide bonds. The van der Waals surface area contributed by atoms with E-state index in [4.69, 9.17) is 15.2 Å². The molecule has 1 aliphatic heterocycles. The standard InChI is InChI=1S/C16H22N2O4/c17-15(19)12-5-7-13(8-6-12)16(20)18-9-3-11-22-14-4-1-2-10-21-14/h5-8,14H,1-4,9-11H2,(H2,17,19)(H,18,20). The molecule has 1 aliphatic rings. The summed E-state index contributed by atoms with van der Waals surface area (Å²) in [6.07, 6.45) is 3.82. The third kappa shape index (κ3) is 5.13. The highest BCUT2D eigenvalue weighted by Crippen LogP contribution is 2.13. The maximum atomic E-state index is 11.9. The number of ether oxygens (including phenoxy) is 2. The fourth-order valence-corrected chi connectivity index (χ4v) is 2.22. The summed E-state index contributed by atoms with van der Waals surface area (Å²) in [5, 5.41) is 2.81. The van der Waals surface area contributed by atoms with Gasteiger partial charge in [-0.1, -0.05) is 0 Å². The first-order valence-electron chi connectivity index (χ1n) is 7.58. The predicted molar refractivity (Wildman–Crippen MR) is 81.5 cm³/mol. The molecule has 120 valence electrons. The highest BCUT2D eigenvalue weighted by atomic mass is 16.7. The number of carbonyl (C=O) groups excluding carboxylic acids is 2. The van der Waals surface area contributed by atoms with Crippen molar-refractivity contribution in [1.29, 1.82) is 0 Å². The Hall–Kier alpha value is -1.92. The summed E-state index contributed by atoms with van der Waals surface area (Å²) in [7, 11) is 0. The van der Waals surface area contributed by atoms with Crippen LogP contribution in [-0.4, -0.2) is 37.9 Å². The van der Waals surface area contributed by atoms with Crippen molar-refractivity contribution in [3.63, 3.8) is 0 Å². The van der Waals surface area contributed by atoms with E-state index in [-0.39, 0.29) is 12.2 Å². The summed E-state index contributed by atoms with van der Waals surface area (Å²) in [6, 6.07) is 6.26. The average Bonchev–Trinajstić information content (AvgIpc) is 2.55. The minimum atomic E-state index is -0.506. The van der Waals surface area contributed by atoms with E-state index < -0.39 is 5.91 Å². The van der Waals surface area contributed by atoms with Gasteiger partial charge >= 0.3 is 0 Å². The number of hydrogen-bond acceptors (Lipinski definition) is 4. The SMILES string of the molecule is NC(=O)c1ccc(C(=O)NCCCOC2CCCCO2)cc1. The number of benzene rings is 1. The van der Waals surface area contributed by atoms with Crippen LogP contribution in [0.3, 0.4) is 0 Å². The van der Waals surface area contributed by atoms with E-state index >= 15 is 0 Å². The fourth-order valence-electron chi connectivity index (χ4n) is 2.22. The zero-order valence-electron chi connectivity index (χ0n) is 12.5. The second-order valence-corrected chi connectivity index (χ2v) is 5.22. The molecule has 1 aromatic rings. The minimum absolute atomic E-state index is 0.0919. The molecule has 1 fully saturated rings. The molecule has 0 aromatic heterocycles. The van der Waals surface area contributed by atoms with Gasteiger partial charge in [0.05, 0.1) is 6.61 Å². The molecule has 1 atom stereocenters. The Kier molecular flexibility index (Phi) is 6.36. The van der Waals surface area contributed by atoms with Gasteiger partial charge in [0.15, 0.2) is 6.29 Å². The number of rotatable bonds is 7. The topological polar surface area (TPSA) is 90.7 Å². The van der Waals surface area contributed by atoms with Gasteiger partial charge in [-0.25, -0.2) is 0 Å². The zero-order chi connectivity index (χ0) is 15.8. The molecule has 1 saturated heterocycles. The van der Waals surface area contributed by atoms with Gasteiger partial charge in [-0.2, -0.15) is 0 Å². The number of nitrogens with two attached hydrogens (primary N) is 1. The molecule has 6 heteroatoms. The summed E-state index contributed by atoms with van der Waals surface area (Å²) in [5.74, 6) is -0.682. The summed E-state index contributed by atoms with van der Waals surface area (Å²) in [5.41, 5.74) is 6.04. The van der Waals surface area contributed by atoms with Crippen LogP contribution in [-0.2, 0) is 9.47 Å². The molecule has 1 aromatic carbocycles. The van der Waals surface area contributed by atoms with Crippen LogP contribution in [0.5, 0.6) is 0 Å². The van der Waals surface area contributed by atoms with Crippen molar-refractivity contribution < 1.29 is 19.1 Å². The highest BCUT2D eigenvalue weighted by molar-refractivity contribution is 5.97. The molecule has 22 heavy (non-hydrogen) atoms. The average molecular weight is 306 g/mol. The van der Waals surface area contributed by atoms with Crippen LogP contribution in [0.25, 0.3) is 0 Å². The first kappa shape index (κ1) is 16.5. The van der Waals surface area contributed by atoms with E-state index in [9.17, 15) is 9.59 Å². The maximum absolute atomic E-state index is 11.9. The van der Waals surface area contributed by atoms with E-state index in [0.29, 0.717) is 24.3 Å². The highest BCUT2D eigenvalue weighted by Gasteiger charge is 2.13. The third-order valence-electron chi connectivity index (χ3n) is 3.48. The second-order valence-electron chi connectivity index (χ2n) is 5.22. The van der Waals surface area contributed by atoms with Crippen LogP contribution in [0.2, 0.25) is 0 Å². The van der Waals surface area contributed by atoms with Gasteiger partial charge in [0.25, 0.3) is 5.91 Å². The van der Waals surface area contributed by atoms with Gasteiger partial charge in [0.1, 0.15) is 0 Å². The summed E-state index contributed by atoms with van der Waals surface area (Å²) in [6.45, 7) is 1.86. The molecular weight excluding hydrogens is 284 g/mol. The van der Waals surface area contributed by atoms with E-state index in [1.165, 1.54) is 0 Å². The minimum Gasteiger partial charge on any atom is -0.366 e. The van der Waals surface area contributed by atoms with Crippen molar-refractivity contribution in [1.82, 2.24) is 5.32 Å². The number of carbonyl (C=O) groups is 2. The zero-order valence-corrected chi connectivity index (χ0v) is 12.5. The van der Waals surface area contributed by atoms with Crippen LogP contribution in [0.4, 0.5) is 0 Å². The van der Waals surface area contributed by atoms with Gasteiger partial charge in [-0.05, 0) is 49.9 Å². The molecule has 3 N–H and O–H groups in total. The van der Waals surface area contributed by atoms with Crippen LogP contribution in [0.1, 0.15) is 46.4 Å². The monoisotopic (exact) mass is 306 g/mol. The quantitative estimate of drug-likeness (QED) is 0.746. The van der Waals surface area contributed by atoms with Crippen molar-refractivity contribution in [2.24, 2.45) is 5.73 Å². The van der Waals surface area contributed by atoms with Crippen LogP contribution in [0.15, 0.2) is 24.3 Å². The molecule has 1 heterocycles. The molecule has 1 unspecified atom stereocenters. The first-order chi connectivity index (χ1) is 10.7. The maximum Gasteiger partial charge on any atom is 0.251 e. The Bertz CT molecular complexity index is 495. The number of amides is 2. The van der Waals surface area contributed by atoms with Gasteiger partial charge < -0.3 is 20.5 Å². The fraction of sp³-hybridized carbons (Fsp3) is 0.500. The Balaban J connectivity index is 1.63. The Morgan fingerprint density at radius 1 is 1.23 bits per heavy atom. The Morgan fingerprint density at radius 3 is 2.59 bits per heavy atom. The molecule has 6 nitrogen and oxygen atoms in total. The molecule has 0 spiro atoms. The van der Waals surface area contributed by atoms with Gasteiger partial charge in [0, 0.05) is 24.3 Å². The normalized spacial score (nSPS) is 17.9. The van der Waals surface area contributed by atoms with E-state index in [1.807, 2.05) is 0 Å². The lowest BCUT2D eigenvalue weighted by Gasteiger charge is -2.22. The Morgan fingerprint density at radius 2 is 1.95 bits per heavy atom. The molecule has 0 saturated carbocycles. The lowest BCUT2D eigenvalue weighted by molar-refractivity contribution is -0.162. The van der Waals surface area contributed by atoms with E-state index in [0.717, 1.165) is 32.3 Å². The Labute approximate surface area is 130 Å². The van der Waals surface area contributed by atoms with Crippen LogP contribution >= 0.6 is 0 Å². The van der Waals surface area contributed by atoms with Crippen LogP contribution in [0, 0.1) is 0 Å². The van der Waals surface area contributed by atoms with Gasteiger partial charge in [-0.15, -0.1) is 0 Å². The largest absolute Gasteiger partial charge is 0.366 e. The lowest BCUT2D eigenvalue weighted by Crippen LogP contribution is -2.27. The molecular formula is C16H22N2O4. The number of nitrogens with one attached hydrogen (secondary N) is 1. The van der Waals surface area contributed by atoms with Gasteiger partial charge in [0.2, 0.25) is 5.91 Å². The summed E-state index contributed by atoms with van der Waals surface area (Å²) >= 11 is 0. The molecule has 0 aliphatic carbocycles. The van der Waals surface area contributed by atoms with E-state index in [2.05, 4.69) is 5.32 Å². The molecule has 0 bridgehead atoms.